The molecule has 1 unspecified atom stereocenters. The lowest BCUT2D eigenvalue weighted by Gasteiger charge is -2.18. The van der Waals surface area contributed by atoms with E-state index in [0.29, 0.717) is 5.76 Å². The van der Waals surface area contributed by atoms with Gasteiger partial charge in [-0.2, -0.15) is 0 Å². The first-order chi connectivity index (χ1) is 7.95. The summed E-state index contributed by atoms with van der Waals surface area (Å²) in [5.74, 6) is -0.0495. The lowest BCUT2D eigenvalue weighted by molar-refractivity contribution is -0.131. The molecule has 6 nitrogen and oxygen atoms in total. The maximum Gasteiger partial charge on any atom is 0.325 e. The maximum absolute atomic E-state index is 12.1. The second-order valence-electron chi connectivity index (χ2n) is 3.89. The quantitative estimate of drug-likeness (QED) is 0.598. The van der Waals surface area contributed by atoms with Crippen molar-refractivity contribution in [1.29, 1.82) is 0 Å². The van der Waals surface area contributed by atoms with Crippen LogP contribution in [0.15, 0.2) is 22.8 Å². The summed E-state index contributed by atoms with van der Waals surface area (Å²) in [6, 6.07) is 2.75. The van der Waals surface area contributed by atoms with Gasteiger partial charge in [-0.3, -0.25) is 9.69 Å². The van der Waals surface area contributed by atoms with Crippen molar-refractivity contribution >= 4 is 29.1 Å². The number of nitrogens with zero attached hydrogens (tertiary/aromatic N) is 1. The van der Waals surface area contributed by atoms with E-state index in [-0.39, 0.29) is 11.5 Å². The van der Waals surface area contributed by atoms with E-state index in [9.17, 15) is 9.59 Å². The van der Waals surface area contributed by atoms with E-state index >= 15 is 0 Å². The predicted molar refractivity (Wildman–Crippen MR) is 63.1 cm³/mol. The molecule has 3 N–H and O–H groups in total. The molecule has 0 bridgehead atoms. The Hall–Kier alpha value is -1.89. The van der Waals surface area contributed by atoms with Gasteiger partial charge >= 0.3 is 6.03 Å². The smallest absolute Gasteiger partial charge is 0.325 e. The van der Waals surface area contributed by atoms with E-state index in [0.717, 1.165) is 4.90 Å². The highest BCUT2D eigenvalue weighted by atomic mass is 32.1. The second kappa shape index (κ2) is 3.85. The number of nitrogens with one attached hydrogen (secondary N) is 1. The van der Waals surface area contributed by atoms with Crippen LogP contribution in [0.4, 0.5) is 4.79 Å². The fourth-order valence-corrected chi connectivity index (χ4v) is 1.86. The van der Waals surface area contributed by atoms with Gasteiger partial charge in [0.1, 0.15) is 5.76 Å². The van der Waals surface area contributed by atoms with Gasteiger partial charge in [-0.1, -0.05) is 12.2 Å². The fraction of sp³-hybridized carbons (Fsp3) is 0.300. The van der Waals surface area contributed by atoms with Crippen molar-refractivity contribution in [2.24, 2.45) is 5.73 Å². The van der Waals surface area contributed by atoms with Gasteiger partial charge in [0.2, 0.25) is 0 Å². The number of amides is 3. The van der Waals surface area contributed by atoms with Crippen molar-refractivity contribution in [3.8, 4) is 0 Å². The first-order valence-corrected chi connectivity index (χ1v) is 5.32. The van der Waals surface area contributed by atoms with Crippen LogP contribution in [0.5, 0.6) is 0 Å². The largest absolute Gasteiger partial charge is 0.466 e. The van der Waals surface area contributed by atoms with Crippen molar-refractivity contribution < 1.29 is 14.0 Å². The molecule has 1 fully saturated rings. The SMILES string of the molecule is CC1(c2ccco2)NC(=O)N(CC(N)=S)C1=O. The number of thiocarbonyl (C=S) groups is 1. The molecule has 90 valence electrons. The first kappa shape index (κ1) is 11.6. The third-order valence-electron chi connectivity index (χ3n) is 2.60. The summed E-state index contributed by atoms with van der Waals surface area (Å²) in [5, 5.41) is 2.57. The van der Waals surface area contributed by atoms with Crippen molar-refractivity contribution in [3.05, 3.63) is 24.2 Å². The average Bonchev–Trinajstić information content (AvgIpc) is 2.83. The van der Waals surface area contributed by atoms with Gasteiger partial charge in [-0.15, -0.1) is 0 Å². The minimum Gasteiger partial charge on any atom is -0.466 e. The van der Waals surface area contributed by atoms with Gasteiger partial charge in [0.25, 0.3) is 5.91 Å². The van der Waals surface area contributed by atoms with E-state index in [1.54, 1.807) is 19.1 Å². The Balaban J connectivity index is 2.32. The first-order valence-electron chi connectivity index (χ1n) is 4.91. The Morgan fingerprint density at radius 1 is 1.65 bits per heavy atom. The third kappa shape index (κ3) is 1.78. The lowest BCUT2D eigenvalue weighted by Crippen LogP contribution is -2.41. The Morgan fingerprint density at radius 2 is 2.35 bits per heavy atom. The van der Waals surface area contributed by atoms with Crippen molar-refractivity contribution in [2.45, 2.75) is 12.5 Å². The molecule has 1 atom stereocenters. The van der Waals surface area contributed by atoms with Gasteiger partial charge in [-0.05, 0) is 19.1 Å². The molecule has 7 heteroatoms. The number of furan rings is 1. The van der Waals surface area contributed by atoms with E-state index in [1.807, 2.05) is 0 Å². The number of urea groups is 1. The molecule has 1 aliphatic heterocycles. The molecule has 1 aliphatic rings. The van der Waals surface area contributed by atoms with Gasteiger partial charge in [0.15, 0.2) is 5.54 Å². The monoisotopic (exact) mass is 253 g/mol. The Morgan fingerprint density at radius 3 is 2.88 bits per heavy atom. The lowest BCUT2D eigenvalue weighted by atomic mass is 9.99. The minimum atomic E-state index is -1.19. The van der Waals surface area contributed by atoms with E-state index < -0.39 is 17.5 Å². The van der Waals surface area contributed by atoms with Crippen molar-refractivity contribution in [1.82, 2.24) is 10.2 Å². The highest BCUT2D eigenvalue weighted by molar-refractivity contribution is 7.80. The fourth-order valence-electron chi connectivity index (χ4n) is 1.73. The summed E-state index contributed by atoms with van der Waals surface area (Å²) < 4.78 is 5.17. The Bertz CT molecular complexity index is 485. The number of hydrogen-bond acceptors (Lipinski definition) is 4. The Labute approximate surface area is 103 Å². The molecular weight excluding hydrogens is 242 g/mol. The molecule has 1 aromatic rings. The van der Waals surface area contributed by atoms with E-state index in [2.05, 4.69) is 5.32 Å². The van der Waals surface area contributed by atoms with Crippen molar-refractivity contribution in [3.63, 3.8) is 0 Å². The minimum absolute atomic E-state index is 0.0731. The number of carbonyl (C=O) groups excluding carboxylic acids is 2. The summed E-state index contributed by atoms with van der Waals surface area (Å²) in [4.78, 5) is 24.9. The zero-order valence-electron chi connectivity index (χ0n) is 9.10. The molecule has 0 aliphatic carbocycles. The zero-order valence-corrected chi connectivity index (χ0v) is 9.91. The van der Waals surface area contributed by atoms with Crippen LogP contribution in [0.1, 0.15) is 12.7 Å². The van der Waals surface area contributed by atoms with Crippen LogP contribution in [0, 0.1) is 0 Å². The molecule has 1 saturated heterocycles. The molecule has 3 amide bonds. The van der Waals surface area contributed by atoms with Crippen LogP contribution >= 0.6 is 12.2 Å². The summed E-state index contributed by atoms with van der Waals surface area (Å²) in [6.07, 6.45) is 1.44. The van der Waals surface area contributed by atoms with Gasteiger partial charge in [0.05, 0.1) is 17.8 Å². The van der Waals surface area contributed by atoms with Gasteiger partial charge in [-0.25, -0.2) is 4.79 Å². The molecule has 17 heavy (non-hydrogen) atoms. The van der Waals surface area contributed by atoms with Gasteiger partial charge in [0, 0.05) is 0 Å². The van der Waals surface area contributed by atoms with E-state index in [1.165, 1.54) is 6.26 Å². The summed E-state index contributed by atoms with van der Waals surface area (Å²) in [7, 11) is 0. The molecule has 0 radical (unpaired) electrons. The third-order valence-corrected chi connectivity index (χ3v) is 2.73. The highest BCUT2D eigenvalue weighted by Gasteiger charge is 2.50. The average molecular weight is 253 g/mol. The zero-order chi connectivity index (χ0) is 12.6. The van der Waals surface area contributed by atoms with Crippen LogP contribution in [-0.4, -0.2) is 28.4 Å². The van der Waals surface area contributed by atoms with Crippen LogP contribution < -0.4 is 11.1 Å². The second-order valence-corrected chi connectivity index (χ2v) is 4.41. The molecule has 1 aromatic heterocycles. The number of rotatable bonds is 3. The normalized spacial score (nSPS) is 23.9. The van der Waals surface area contributed by atoms with E-state index in [4.69, 9.17) is 22.4 Å². The molecular formula is C10H11N3O3S. The van der Waals surface area contributed by atoms with Gasteiger partial charge < -0.3 is 15.5 Å². The predicted octanol–water partition coefficient (Wildman–Crippen LogP) is 0.333. The summed E-state index contributed by atoms with van der Waals surface area (Å²) in [5.41, 5.74) is 4.15. The van der Waals surface area contributed by atoms with Crippen LogP contribution in [0.25, 0.3) is 0 Å². The Kier molecular flexibility index (Phi) is 2.62. The van der Waals surface area contributed by atoms with Crippen LogP contribution in [0.3, 0.4) is 0 Å². The summed E-state index contributed by atoms with van der Waals surface area (Å²) >= 11 is 4.69. The number of carbonyl (C=O) groups is 2. The maximum atomic E-state index is 12.1. The van der Waals surface area contributed by atoms with Crippen LogP contribution in [0.2, 0.25) is 0 Å². The number of nitrogens with two attached hydrogens (primary N) is 1. The molecule has 0 saturated carbocycles. The highest BCUT2D eigenvalue weighted by Crippen LogP contribution is 2.28. The van der Waals surface area contributed by atoms with Crippen LogP contribution in [-0.2, 0) is 10.3 Å². The standard InChI is InChI=1S/C10H11N3O3S/c1-10(6-3-2-4-16-6)8(14)13(5-7(11)17)9(15)12-10/h2-4H,5H2,1H3,(H2,11,17)(H,12,15). The van der Waals surface area contributed by atoms with Crippen molar-refractivity contribution in [2.75, 3.05) is 6.54 Å². The number of hydrogen-bond donors (Lipinski definition) is 2. The molecule has 2 rings (SSSR count). The molecule has 2 heterocycles. The number of imide groups is 1. The molecule has 0 aromatic carbocycles. The molecule has 0 spiro atoms. The topological polar surface area (TPSA) is 88.6 Å². The summed E-state index contributed by atoms with van der Waals surface area (Å²) in [6.45, 7) is 1.50.